The van der Waals surface area contributed by atoms with Gasteiger partial charge in [0, 0.05) is 28.5 Å². The van der Waals surface area contributed by atoms with Crippen LogP contribution in [0.2, 0.25) is 5.02 Å². The molecular formula is C33H43BrClN3O7. The zero-order valence-corrected chi connectivity index (χ0v) is 28.3. The van der Waals surface area contributed by atoms with Crippen LogP contribution in [0.3, 0.4) is 0 Å². The monoisotopic (exact) mass is 707 g/mol. The molecule has 0 aromatic heterocycles. The number of carbonyl (C=O) groups is 4. The fourth-order valence-electron chi connectivity index (χ4n) is 6.91. The Morgan fingerprint density at radius 3 is 2.56 bits per heavy atom. The van der Waals surface area contributed by atoms with Crippen molar-refractivity contribution in [1.82, 2.24) is 10.2 Å². The molecule has 1 unspecified atom stereocenters. The first kappa shape index (κ1) is 35.1. The quantitative estimate of drug-likeness (QED) is 0.160. The van der Waals surface area contributed by atoms with Crippen LogP contribution in [-0.2, 0) is 28.7 Å². The molecule has 1 aromatic rings. The van der Waals surface area contributed by atoms with Crippen molar-refractivity contribution in [2.75, 3.05) is 24.6 Å². The lowest BCUT2D eigenvalue weighted by Crippen LogP contribution is -2.60. The van der Waals surface area contributed by atoms with Crippen LogP contribution in [0.15, 0.2) is 49.6 Å². The second-order valence-corrected chi connectivity index (χ2v) is 13.7. The standard InChI is InChI=1S/C33H43BrClN3O7/c1-6-9-10-25(40)36-17-20(5)44-32(43)26-27-30(41)38(24(18-39)19(4)8-3)29(33(27)16-23(34)28(26)45-33)31(42)37(15-7-2)22-13-11-21(35)12-14-22/h6-7,11-14,19-20,23-24,26-29,39H,1-2,8-10,15-18H2,3-5H3,(H,36,40)/t19-,20+,23?,24-,26+,27-,28+,29+,33-/m0/s1. The number of rotatable bonds is 15. The Hall–Kier alpha value is -2.73. The Balaban J connectivity index is 1.71. The van der Waals surface area contributed by atoms with Crippen molar-refractivity contribution in [3.05, 3.63) is 54.6 Å². The average molecular weight is 709 g/mol. The Kier molecular flexibility index (Phi) is 11.5. The van der Waals surface area contributed by atoms with Gasteiger partial charge in [0.2, 0.25) is 11.8 Å². The van der Waals surface area contributed by atoms with Gasteiger partial charge in [0.15, 0.2) is 0 Å². The van der Waals surface area contributed by atoms with E-state index in [1.54, 1.807) is 43.3 Å². The van der Waals surface area contributed by atoms with Crippen molar-refractivity contribution in [3.63, 3.8) is 0 Å². The predicted octanol–water partition coefficient (Wildman–Crippen LogP) is 4.03. The minimum Gasteiger partial charge on any atom is -0.460 e. The van der Waals surface area contributed by atoms with Crippen molar-refractivity contribution in [1.29, 1.82) is 0 Å². The van der Waals surface area contributed by atoms with E-state index in [0.717, 1.165) is 0 Å². The minimum atomic E-state index is -1.34. The number of fused-ring (bicyclic) bond motifs is 1. The highest BCUT2D eigenvalue weighted by molar-refractivity contribution is 9.09. The lowest BCUT2D eigenvalue weighted by Gasteiger charge is -2.41. The van der Waals surface area contributed by atoms with Gasteiger partial charge in [-0.2, -0.15) is 0 Å². The number of ether oxygens (including phenoxy) is 2. The first-order valence-electron chi connectivity index (χ1n) is 15.5. The Morgan fingerprint density at radius 1 is 1.27 bits per heavy atom. The summed E-state index contributed by atoms with van der Waals surface area (Å²) in [6, 6.07) is 4.98. The summed E-state index contributed by atoms with van der Waals surface area (Å²) in [5.41, 5.74) is -0.783. The smallest absolute Gasteiger partial charge is 0.312 e. The van der Waals surface area contributed by atoms with Crippen LogP contribution in [0.5, 0.6) is 0 Å². The van der Waals surface area contributed by atoms with Crippen molar-refractivity contribution in [2.24, 2.45) is 17.8 Å². The number of aliphatic hydroxyl groups is 1. The van der Waals surface area contributed by atoms with Gasteiger partial charge in [0.1, 0.15) is 17.7 Å². The number of allylic oxidation sites excluding steroid dienone is 1. The molecule has 3 fully saturated rings. The van der Waals surface area contributed by atoms with E-state index in [4.69, 9.17) is 21.1 Å². The molecule has 2 bridgehead atoms. The molecule has 1 aromatic carbocycles. The molecule has 9 atom stereocenters. The van der Waals surface area contributed by atoms with E-state index in [9.17, 15) is 24.3 Å². The lowest BCUT2D eigenvalue weighted by molar-refractivity contribution is -0.160. The molecule has 3 aliphatic rings. The fraction of sp³-hybridized carbons (Fsp3) is 0.576. The van der Waals surface area contributed by atoms with Crippen LogP contribution in [0.25, 0.3) is 0 Å². The van der Waals surface area contributed by atoms with Gasteiger partial charge in [-0.05, 0) is 49.9 Å². The van der Waals surface area contributed by atoms with Crippen LogP contribution in [-0.4, -0.2) is 88.1 Å². The maximum atomic E-state index is 14.7. The second kappa shape index (κ2) is 14.8. The number of nitrogens with one attached hydrogen (secondary N) is 1. The van der Waals surface area contributed by atoms with Crippen molar-refractivity contribution in [3.8, 4) is 0 Å². The highest BCUT2D eigenvalue weighted by Gasteiger charge is 2.77. The van der Waals surface area contributed by atoms with Crippen molar-refractivity contribution >= 4 is 56.9 Å². The van der Waals surface area contributed by atoms with Gasteiger partial charge in [0.25, 0.3) is 5.91 Å². The first-order valence-corrected chi connectivity index (χ1v) is 16.8. The second-order valence-electron chi connectivity index (χ2n) is 12.1. The summed E-state index contributed by atoms with van der Waals surface area (Å²) in [7, 11) is 0. The molecule has 0 radical (unpaired) electrons. The predicted molar refractivity (Wildman–Crippen MR) is 175 cm³/mol. The lowest BCUT2D eigenvalue weighted by atomic mass is 9.70. The third-order valence-electron chi connectivity index (χ3n) is 9.27. The number of anilines is 1. The molecule has 0 aliphatic carbocycles. The highest BCUT2D eigenvalue weighted by Crippen LogP contribution is 2.61. The number of carbonyl (C=O) groups excluding carboxylic acids is 4. The summed E-state index contributed by atoms with van der Waals surface area (Å²) in [6.07, 6.45) is 3.63. The molecule has 10 nitrogen and oxygen atoms in total. The Bertz CT molecular complexity index is 1300. The van der Waals surface area contributed by atoms with E-state index in [1.807, 2.05) is 13.8 Å². The van der Waals surface area contributed by atoms with Gasteiger partial charge in [-0.25, -0.2) is 0 Å². The Morgan fingerprint density at radius 2 is 1.96 bits per heavy atom. The number of amides is 3. The van der Waals surface area contributed by atoms with Gasteiger partial charge >= 0.3 is 5.97 Å². The van der Waals surface area contributed by atoms with E-state index in [-0.39, 0.29) is 42.8 Å². The molecule has 246 valence electrons. The van der Waals surface area contributed by atoms with E-state index < -0.39 is 59.5 Å². The highest BCUT2D eigenvalue weighted by atomic mass is 79.9. The molecule has 3 aliphatic heterocycles. The number of halogens is 2. The number of aliphatic hydroxyl groups excluding tert-OH is 1. The van der Waals surface area contributed by atoms with E-state index >= 15 is 0 Å². The molecule has 1 spiro atoms. The summed E-state index contributed by atoms with van der Waals surface area (Å²) in [5, 5.41) is 13.9. The van der Waals surface area contributed by atoms with E-state index in [0.29, 0.717) is 30.0 Å². The fourth-order valence-corrected chi connectivity index (χ4v) is 7.97. The van der Waals surface area contributed by atoms with Gasteiger partial charge < -0.3 is 29.7 Å². The van der Waals surface area contributed by atoms with Crippen LogP contribution in [0.4, 0.5) is 5.69 Å². The van der Waals surface area contributed by atoms with Crippen LogP contribution in [0.1, 0.15) is 46.5 Å². The van der Waals surface area contributed by atoms with Crippen molar-refractivity contribution in [2.45, 2.75) is 81.2 Å². The SMILES string of the molecule is C=CCCC(=O)NC[C@@H](C)OC(=O)[C@H]1[C@@H]2O[C@@]3(CC2Br)[C@@H]1C(=O)N([C@@H](CO)[C@@H](C)CC)[C@@H]3C(=O)N(CC=C)c1ccc(Cl)cc1. The molecule has 3 saturated heterocycles. The van der Waals surface area contributed by atoms with Gasteiger partial charge in [-0.3, -0.25) is 19.2 Å². The zero-order chi connectivity index (χ0) is 33.1. The van der Waals surface area contributed by atoms with Crippen LogP contribution < -0.4 is 10.2 Å². The molecule has 4 rings (SSSR count). The minimum absolute atomic E-state index is 0.104. The molecule has 0 saturated carbocycles. The largest absolute Gasteiger partial charge is 0.460 e. The normalized spacial score (nSPS) is 28.6. The summed E-state index contributed by atoms with van der Waals surface area (Å²) < 4.78 is 12.4. The maximum absolute atomic E-state index is 14.7. The van der Waals surface area contributed by atoms with E-state index in [1.165, 1.54) is 9.80 Å². The average Bonchev–Trinajstić information content (AvgIpc) is 3.61. The number of alkyl halides is 1. The third-order valence-corrected chi connectivity index (χ3v) is 10.4. The van der Waals surface area contributed by atoms with E-state index in [2.05, 4.69) is 34.4 Å². The van der Waals surface area contributed by atoms with Crippen LogP contribution >= 0.6 is 27.5 Å². The van der Waals surface area contributed by atoms with Crippen molar-refractivity contribution < 1.29 is 33.8 Å². The molecule has 3 amide bonds. The number of likely N-dealkylation sites (tertiary alicyclic amines) is 1. The molecular weight excluding hydrogens is 666 g/mol. The number of hydrogen-bond acceptors (Lipinski definition) is 7. The van der Waals surface area contributed by atoms with Gasteiger partial charge in [-0.15, -0.1) is 13.2 Å². The maximum Gasteiger partial charge on any atom is 0.312 e. The number of nitrogens with zero attached hydrogens (tertiary/aromatic N) is 2. The number of hydrogen-bond donors (Lipinski definition) is 2. The summed E-state index contributed by atoms with van der Waals surface area (Å²) in [5.74, 6) is -3.78. The topological polar surface area (TPSA) is 125 Å². The van der Waals surface area contributed by atoms with Crippen LogP contribution in [0, 0.1) is 17.8 Å². The van der Waals surface area contributed by atoms with Gasteiger partial charge in [-0.1, -0.05) is 60.0 Å². The number of esters is 1. The molecule has 45 heavy (non-hydrogen) atoms. The summed E-state index contributed by atoms with van der Waals surface area (Å²) in [4.78, 5) is 57.8. The third kappa shape index (κ3) is 6.73. The first-order chi connectivity index (χ1) is 21.4. The molecule has 2 N–H and O–H groups in total. The summed E-state index contributed by atoms with van der Waals surface area (Å²) in [6.45, 7) is 12.9. The Labute approximate surface area is 278 Å². The molecule has 3 heterocycles. The number of benzene rings is 1. The zero-order valence-electron chi connectivity index (χ0n) is 26.0. The summed E-state index contributed by atoms with van der Waals surface area (Å²) >= 11 is 9.81. The van der Waals surface area contributed by atoms with Gasteiger partial charge in [0.05, 0.1) is 37.1 Å². The molecule has 12 heteroatoms.